The maximum atomic E-state index is 14.4. The van der Waals surface area contributed by atoms with E-state index in [1.807, 2.05) is 42.5 Å². The minimum Gasteiger partial charge on any atom is -0.497 e. The molecule has 3 aromatic carbocycles. The quantitative estimate of drug-likeness (QED) is 0.345. The van der Waals surface area contributed by atoms with Gasteiger partial charge in [-0.1, -0.05) is 24.3 Å². The van der Waals surface area contributed by atoms with Gasteiger partial charge in [0.1, 0.15) is 11.5 Å². The van der Waals surface area contributed by atoms with Crippen LogP contribution in [0.4, 0.5) is 18.9 Å². The Kier molecular flexibility index (Phi) is 5.38. The highest BCUT2D eigenvalue weighted by atomic mass is 19.4. The molecule has 0 spiro atoms. The zero-order valence-corrected chi connectivity index (χ0v) is 20.4. The molecule has 1 N–H and O–H groups in total. The van der Waals surface area contributed by atoms with Crippen LogP contribution < -0.4 is 14.8 Å². The molecule has 2 aliphatic heterocycles. The summed E-state index contributed by atoms with van der Waals surface area (Å²) in [6.45, 7) is 1.81. The Hall–Kier alpha value is -3.72. The molecule has 6 rings (SSSR count). The molecule has 0 aliphatic carbocycles. The zero-order valence-electron chi connectivity index (χ0n) is 20.4. The van der Waals surface area contributed by atoms with E-state index in [1.165, 1.54) is 0 Å². The zero-order chi connectivity index (χ0) is 25.8. The number of para-hydroxylation sites is 1. The number of halogens is 3. The number of hydrogen-bond acceptors (Lipinski definition) is 5. The third-order valence-electron chi connectivity index (χ3n) is 7.34. The number of hydrogen-bond donors (Lipinski definition) is 1. The number of anilines is 1. The minimum atomic E-state index is -4.56. The Morgan fingerprint density at radius 2 is 1.84 bits per heavy atom. The van der Waals surface area contributed by atoms with Crippen molar-refractivity contribution in [2.75, 3.05) is 25.6 Å². The van der Waals surface area contributed by atoms with Gasteiger partial charge in [0.25, 0.3) is 0 Å². The average molecular weight is 510 g/mol. The second kappa shape index (κ2) is 8.41. The smallest absolute Gasteiger partial charge is 0.419 e. The summed E-state index contributed by atoms with van der Waals surface area (Å²) in [7, 11) is 1.60. The standard InChI is InChI=1S/C28H26F3N3O3/c1-26(22-6-3-5-18-13-14-36-25(18)22)16-27(37-26,28(29,30)31)17-32-23-7-4-8-24-21(23)15-33-34(24)19-9-11-20(35-2)12-10-19/h3-12,15,32H,13-14,16-17H2,1-2H3. The average Bonchev–Trinajstić information content (AvgIpc) is 3.52. The van der Waals surface area contributed by atoms with Crippen molar-refractivity contribution in [3.05, 3.63) is 78.0 Å². The lowest BCUT2D eigenvalue weighted by molar-refractivity contribution is -0.380. The third kappa shape index (κ3) is 3.80. The van der Waals surface area contributed by atoms with Crippen LogP contribution in [0.2, 0.25) is 0 Å². The van der Waals surface area contributed by atoms with E-state index in [-0.39, 0.29) is 6.42 Å². The minimum absolute atomic E-state index is 0.211. The first-order valence-corrected chi connectivity index (χ1v) is 12.1. The van der Waals surface area contributed by atoms with Crippen LogP contribution in [0, 0.1) is 0 Å². The monoisotopic (exact) mass is 509 g/mol. The number of benzene rings is 3. The fourth-order valence-corrected chi connectivity index (χ4v) is 5.48. The van der Waals surface area contributed by atoms with E-state index < -0.39 is 23.9 Å². The summed E-state index contributed by atoms with van der Waals surface area (Å²) >= 11 is 0. The molecule has 37 heavy (non-hydrogen) atoms. The number of ether oxygens (including phenoxy) is 3. The molecule has 0 saturated carbocycles. The molecule has 192 valence electrons. The van der Waals surface area contributed by atoms with Gasteiger partial charge in [-0.05, 0) is 48.9 Å². The summed E-state index contributed by atoms with van der Waals surface area (Å²) < 4.78 is 61.6. The Morgan fingerprint density at radius 3 is 2.57 bits per heavy atom. The molecule has 6 nitrogen and oxygen atoms in total. The van der Waals surface area contributed by atoms with Crippen molar-refractivity contribution < 1.29 is 27.4 Å². The van der Waals surface area contributed by atoms with Crippen molar-refractivity contribution >= 4 is 16.6 Å². The summed E-state index contributed by atoms with van der Waals surface area (Å²) in [4.78, 5) is 0. The van der Waals surface area contributed by atoms with Gasteiger partial charge in [-0.3, -0.25) is 0 Å². The number of alkyl halides is 3. The number of aromatic nitrogens is 2. The van der Waals surface area contributed by atoms with Gasteiger partial charge in [-0.25, -0.2) is 4.68 Å². The van der Waals surface area contributed by atoms with Crippen LogP contribution in [0.15, 0.2) is 66.9 Å². The van der Waals surface area contributed by atoms with Gasteiger partial charge in [0, 0.05) is 29.5 Å². The van der Waals surface area contributed by atoms with Gasteiger partial charge >= 0.3 is 6.18 Å². The molecule has 1 saturated heterocycles. The van der Waals surface area contributed by atoms with Crippen LogP contribution in [0.3, 0.4) is 0 Å². The Balaban J connectivity index is 1.26. The fraction of sp³-hybridized carbons (Fsp3) is 0.321. The second-order valence-corrected chi connectivity index (χ2v) is 9.74. The summed E-state index contributed by atoms with van der Waals surface area (Å²) in [5.41, 5.74) is 0.413. The highest BCUT2D eigenvalue weighted by molar-refractivity contribution is 5.92. The summed E-state index contributed by atoms with van der Waals surface area (Å²) in [6.07, 6.45) is -2.37. The normalized spacial score (nSPS) is 22.8. The second-order valence-electron chi connectivity index (χ2n) is 9.74. The van der Waals surface area contributed by atoms with E-state index in [2.05, 4.69) is 10.4 Å². The van der Waals surface area contributed by atoms with Crippen molar-refractivity contribution in [3.8, 4) is 17.2 Å². The molecule has 2 unspecified atom stereocenters. The van der Waals surface area contributed by atoms with E-state index in [4.69, 9.17) is 14.2 Å². The maximum Gasteiger partial charge on any atom is 0.419 e. The first-order valence-electron chi connectivity index (χ1n) is 12.1. The van der Waals surface area contributed by atoms with Gasteiger partial charge < -0.3 is 19.5 Å². The molecule has 0 radical (unpaired) electrons. The van der Waals surface area contributed by atoms with Crippen LogP contribution in [-0.2, 0) is 16.8 Å². The van der Waals surface area contributed by atoms with E-state index in [1.54, 1.807) is 43.1 Å². The molecule has 9 heteroatoms. The van der Waals surface area contributed by atoms with E-state index in [0.717, 1.165) is 28.9 Å². The van der Waals surface area contributed by atoms with Crippen molar-refractivity contribution in [2.24, 2.45) is 0 Å². The van der Waals surface area contributed by atoms with Gasteiger partial charge in [0.2, 0.25) is 0 Å². The molecule has 1 aromatic heterocycles. The fourth-order valence-electron chi connectivity index (χ4n) is 5.48. The molecule has 0 amide bonds. The molecule has 3 heterocycles. The predicted octanol–water partition coefficient (Wildman–Crippen LogP) is 6.02. The van der Waals surface area contributed by atoms with Gasteiger partial charge in [-0.2, -0.15) is 18.3 Å². The van der Waals surface area contributed by atoms with E-state index >= 15 is 0 Å². The van der Waals surface area contributed by atoms with Crippen LogP contribution in [0.5, 0.6) is 11.5 Å². The maximum absolute atomic E-state index is 14.4. The predicted molar refractivity (Wildman–Crippen MR) is 134 cm³/mol. The molecular weight excluding hydrogens is 483 g/mol. The van der Waals surface area contributed by atoms with Crippen molar-refractivity contribution in [1.82, 2.24) is 9.78 Å². The molecule has 4 aromatic rings. The van der Waals surface area contributed by atoms with Crippen LogP contribution >= 0.6 is 0 Å². The molecule has 2 atom stereocenters. The number of nitrogens with one attached hydrogen (secondary N) is 1. The summed E-state index contributed by atoms with van der Waals surface area (Å²) in [6, 6.07) is 18.4. The van der Waals surface area contributed by atoms with Crippen molar-refractivity contribution in [2.45, 2.75) is 37.1 Å². The highest BCUT2D eigenvalue weighted by Gasteiger charge is 2.68. The van der Waals surface area contributed by atoms with Gasteiger partial charge in [0.15, 0.2) is 5.60 Å². The third-order valence-corrected chi connectivity index (χ3v) is 7.34. The lowest BCUT2D eigenvalue weighted by Gasteiger charge is -2.55. The summed E-state index contributed by atoms with van der Waals surface area (Å²) in [5, 5.41) is 8.20. The Morgan fingerprint density at radius 1 is 1.08 bits per heavy atom. The first kappa shape index (κ1) is 23.7. The number of fused-ring (bicyclic) bond motifs is 2. The lowest BCUT2D eigenvalue weighted by Crippen LogP contribution is -2.67. The summed E-state index contributed by atoms with van der Waals surface area (Å²) in [5.74, 6) is 1.38. The topological polar surface area (TPSA) is 57.5 Å². The first-order chi connectivity index (χ1) is 17.7. The highest BCUT2D eigenvalue weighted by Crippen LogP contribution is 2.57. The molecule has 1 fully saturated rings. The number of rotatable bonds is 6. The molecule has 2 aliphatic rings. The number of nitrogens with zero attached hydrogens (tertiary/aromatic N) is 2. The van der Waals surface area contributed by atoms with Crippen LogP contribution in [-0.4, -0.2) is 41.8 Å². The van der Waals surface area contributed by atoms with Gasteiger partial charge in [-0.15, -0.1) is 0 Å². The molecule has 0 bridgehead atoms. The van der Waals surface area contributed by atoms with Crippen LogP contribution in [0.1, 0.15) is 24.5 Å². The lowest BCUT2D eigenvalue weighted by atomic mass is 9.74. The Bertz CT molecular complexity index is 1460. The van der Waals surface area contributed by atoms with Gasteiger partial charge in [0.05, 0.1) is 43.3 Å². The van der Waals surface area contributed by atoms with Crippen molar-refractivity contribution in [1.29, 1.82) is 0 Å². The SMILES string of the molecule is COc1ccc(-n2ncc3c(NCC4(C(F)(F)F)CC(C)(c5cccc6c5OCC6)O4)cccc32)cc1. The van der Waals surface area contributed by atoms with Crippen LogP contribution in [0.25, 0.3) is 16.6 Å². The Labute approximate surface area is 211 Å². The van der Waals surface area contributed by atoms with E-state index in [0.29, 0.717) is 29.0 Å². The largest absolute Gasteiger partial charge is 0.497 e. The molecular formula is C28H26F3N3O3. The van der Waals surface area contributed by atoms with E-state index in [9.17, 15) is 13.2 Å². The van der Waals surface area contributed by atoms with Crippen molar-refractivity contribution in [3.63, 3.8) is 0 Å². The number of methoxy groups -OCH3 is 1.